The Morgan fingerprint density at radius 2 is 1.68 bits per heavy atom. The fourth-order valence-corrected chi connectivity index (χ4v) is 4.91. The van der Waals surface area contributed by atoms with Gasteiger partial charge in [-0.25, -0.2) is 23.5 Å². The Bertz CT molecular complexity index is 1740. The third-order valence-electron chi connectivity index (χ3n) is 6.42. The predicted octanol–water partition coefficient (Wildman–Crippen LogP) is 4.71. The molecule has 0 bridgehead atoms. The number of rotatable bonds is 10. The fourth-order valence-electron chi connectivity index (χ4n) is 4.25. The number of fused-ring (bicyclic) bond motifs is 1. The quantitative estimate of drug-likeness (QED) is 0.210. The first-order valence-corrected chi connectivity index (χ1v) is 14.2. The lowest BCUT2D eigenvalue weighted by atomic mass is 10.2. The highest BCUT2D eigenvalue weighted by atomic mass is 35.5. The Morgan fingerprint density at radius 1 is 0.976 bits per heavy atom. The Balaban J connectivity index is 0.00000387. The summed E-state index contributed by atoms with van der Waals surface area (Å²) in [5, 5.41) is 11.7. The molecular weight excluding hydrogens is 564 g/mol. The molecule has 41 heavy (non-hydrogen) atoms. The van der Waals surface area contributed by atoms with Crippen LogP contribution in [0.5, 0.6) is 5.75 Å². The van der Waals surface area contributed by atoms with Crippen molar-refractivity contribution in [3.8, 4) is 5.75 Å². The van der Waals surface area contributed by atoms with Crippen molar-refractivity contribution in [2.45, 2.75) is 12.3 Å². The maximum atomic E-state index is 11.3. The minimum Gasteiger partial charge on any atom is -0.497 e. The summed E-state index contributed by atoms with van der Waals surface area (Å²) in [6.45, 7) is 0.638. The maximum absolute atomic E-state index is 11.3. The zero-order valence-corrected chi connectivity index (χ0v) is 24.4. The van der Waals surface area contributed by atoms with E-state index in [-0.39, 0.29) is 18.2 Å². The number of methoxy groups -OCH3 is 1. The van der Waals surface area contributed by atoms with E-state index >= 15 is 0 Å². The average molecular weight is 595 g/mol. The normalized spacial score (nSPS) is 11.1. The first-order chi connectivity index (χ1) is 19.2. The fraction of sp³-hybridized carbons (Fsp3) is 0.179. The second-order valence-electron chi connectivity index (χ2n) is 9.30. The lowest BCUT2D eigenvalue weighted by molar-refractivity contribution is 0.414. The van der Waals surface area contributed by atoms with Crippen LogP contribution in [0.4, 0.5) is 29.1 Å². The highest BCUT2D eigenvalue weighted by molar-refractivity contribution is 7.88. The highest BCUT2D eigenvalue weighted by Crippen LogP contribution is 2.28. The third kappa shape index (κ3) is 7.23. The lowest BCUT2D eigenvalue weighted by Crippen LogP contribution is -2.14. The summed E-state index contributed by atoms with van der Waals surface area (Å²) >= 11 is 0. The standard InChI is InChI=1S/C28H30N8O3S.ClH/c1-35(26-14-15-30-27(34-26)32-21-8-4-20(5-9-21)18-40(29,37)38)22-10-13-25-24(16-22)33-28(36(25)2)31-17-19-6-11-23(39-3)12-7-19;/h4-16H,17-18H2,1-3H3,(H,31,33)(H2,29,37,38)(H,30,32,34);1H. The van der Waals surface area contributed by atoms with Gasteiger partial charge in [0, 0.05) is 38.2 Å². The van der Waals surface area contributed by atoms with E-state index < -0.39 is 10.0 Å². The summed E-state index contributed by atoms with van der Waals surface area (Å²) in [7, 11) is 1.99. The molecule has 5 rings (SSSR count). The van der Waals surface area contributed by atoms with E-state index in [1.165, 1.54) is 0 Å². The monoisotopic (exact) mass is 594 g/mol. The number of aryl methyl sites for hydroxylation is 1. The smallest absolute Gasteiger partial charge is 0.229 e. The number of ether oxygens (including phenoxy) is 1. The molecule has 5 aromatic rings. The number of hydrogen-bond donors (Lipinski definition) is 3. The van der Waals surface area contributed by atoms with E-state index in [0.29, 0.717) is 23.9 Å². The molecule has 13 heteroatoms. The van der Waals surface area contributed by atoms with Crippen LogP contribution in [-0.4, -0.2) is 42.1 Å². The molecule has 0 saturated carbocycles. The Hall–Kier alpha value is -4.39. The van der Waals surface area contributed by atoms with Gasteiger partial charge in [0.1, 0.15) is 11.6 Å². The Kier molecular flexibility index (Phi) is 8.96. The van der Waals surface area contributed by atoms with Gasteiger partial charge in [-0.2, -0.15) is 4.98 Å². The van der Waals surface area contributed by atoms with Gasteiger partial charge in [-0.15, -0.1) is 12.4 Å². The highest BCUT2D eigenvalue weighted by Gasteiger charge is 2.13. The van der Waals surface area contributed by atoms with Crippen molar-refractivity contribution >= 4 is 62.6 Å². The number of aromatic nitrogens is 4. The summed E-state index contributed by atoms with van der Waals surface area (Å²) in [4.78, 5) is 15.7. The average Bonchev–Trinajstić information content (AvgIpc) is 3.26. The van der Waals surface area contributed by atoms with Crippen molar-refractivity contribution in [2.24, 2.45) is 12.2 Å². The largest absolute Gasteiger partial charge is 0.497 e. The number of sulfonamides is 1. The van der Waals surface area contributed by atoms with Gasteiger partial charge in [0.2, 0.25) is 21.9 Å². The molecule has 0 atom stereocenters. The molecule has 0 amide bonds. The SMILES string of the molecule is COc1ccc(CNc2nc3cc(N(C)c4ccnc(Nc5ccc(CS(N)(=O)=O)cc5)n4)ccc3n2C)cc1.Cl. The van der Waals surface area contributed by atoms with Crippen LogP contribution in [0.15, 0.2) is 79.0 Å². The van der Waals surface area contributed by atoms with Gasteiger partial charge in [0.15, 0.2) is 0 Å². The van der Waals surface area contributed by atoms with Crippen molar-refractivity contribution < 1.29 is 13.2 Å². The second-order valence-corrected chi connectivity index (χ2v) is 10.9. The van der Waals surface area contributed by atoms with Crippen molar-refractivity contribution in [3.63, 3.8) is 0 Å². The molecule has 0 spiro atoms. The van der Waals surface area contributed by atoms with E-state index in [1.54, 1.807) is 37.6 Å². The van der Waals surface area contributed by atoms with Gasteiger partial charge in [0.25, 0.3) is 0 Å². The first-order valence-electron chi connectivity index (χ1n) is 12.4. The molecule has 0 aliphatic heterocycles. The third-order valence-corrected chi connectivity index (χ3v) is 7.16. The topological polar surface area (TPSA) is 140 Å². The van der Waals surface area contributed by atoms with Crippen molar-refractivity contribution in [2.75, 3.05) is 29.7 Å². The van der Waals surface area contributed by atoms with Crippen LogP contribution in [0.2, 0.25) is 0 Å². The van der Waals surface area contributed by atoms with E-state index in [1.807, 2.05) is 72.1 Å². The molecular formula is C28H31ClN8O3S. The van der Waals surface area contributed by atoms with E-state index in [4.69, 9.17) is 14.9 Å². The van der Waals surface area contributed by atoms with Crippen LogP contribution in [0.3, 0.4) is 0 Å². The molecule has 0 unspecified atom stereocenters. The van der Waals surface area contributed by atoms with Gasteiger partial charge >= 0.3 is 0 Å². The number of hydrogen-bond acceptors (Lipinski definition) is 9. The molecule has 0 radical (unpaired) electrons. The zero-order valence-electron chi connectivity index (χ0n) is 22.8. The number of primary sulfonamides is 1. The molecule has 0 aliphatic carbocycles. The molecule has 4 N–H and O–H groups in total. The number of anilines is 5. The van der Waals surface area contributed by atoms with Crippen LogP contribution < -0.4 is 25.4 Å². The van der Waals surface area contributed by atoms with E-state index in [9.17, 15) is 8.42 Å². The van der Waals surface area contributed by atoms with Gasteiger partial charge in [0.05, 0.1) is 23.9 Å². The number of nitrogens with zero attached hydrogens (tertiary/aromatic N) is 5. The second kappa shape index (κ2) is 12.4. The van der Waals surface area contributed by atoms with Crippen molar-refractivity contribution in [3.05, 3.63) is 90.1 Å². The lowest BCUT2D eigenvalue weighted by Gasteiger charge is -2.19. The zero-order chi connectivity index (χ0) is 28.3. The molecule has 3 aromatic carbocycles. The minimum absolute atomic E-state index is 0. The van der Waals surface area contributed by atoms with Crippen LogP contribution >= 0.6 is 12.4 Å². The number of nitrogens with one attached hydrogen (secondary N) is 2. The molecule has 2 aromatic heterocycles. The van der Waals surface area contributed by atoms with Crippen LogP contribution in [0.25, 0.3) is 11.0 Å². The Labute approximate surface area is 244 Å². The molecule has 2 heterocycles. The number of imidazole rings is 1. The van der Waals surface area contributed by atoms with Crippen LogP contribution in [0.1, 0.15) is 11.1 Å². The summed E-state index contributed by atoms with van der Waals surface area (Å²) in [6, 6.07) is 22.8. The van der Waals surface area contributed by atoms with Gasteiger partial charge < -0.3 is 24.8 Å². The van der Waals surface area contributed by atoms with Crippen LogP contribution in [-0.2, 0) is 29.4 Å². The number of benzene rings is 3. The van der Waals surface area contributed by atoms with Gasteiger partial charge in [-0.1, -0.05) is 24.3 Å². The van der Waals surface area contributed by atoms with E-state index in [0.717, 1.165) is 39.7 Å². The first kappa shape index (κ1) is 29.6. The van der Waals surface area contributed by atoms with Gasteiger partial charge in [-0.05, 0) is 59.7 Å². The molecule has 0 fully saturated rings. The molecule has 214 valence electrons. The summed E-state index contributed by atoms with van der Waals surface area (Å²) in [5.41, 5.74) is 5.24. The maximum Gasteiger partial charge on any atom is 0.229 e. The van der Waals surface area contributed by atoms with Crippen LogP contribution in [0, 0.1) is 0 Å². The summed E-state index contributed by atoms with van der Waals surface area (Å²) < 4.78 is 29.9. The molecule has 11 nitrogen and oxygen atoms in total. The molecule has 0 aliphatic rings. The van der Waals surface area contributed by atoms with E-state index in [2.05, 4.69) is 20.6 Å². The Morgan fingerprint density at radius 3 is 2.37 bits per heavy atom. The number of nitrogens with two attached hydrogens (primary N) is 1. The van der Waals surface area contributed by atoms with Gasteiger partial charge in [-0.3, -0.25) is 0 Å². The van der Waals surface area contributed by atoms with Crippen molar-refractivity contribution in [1.29, 1.82) is 0 Å². The summed E-state index contributed by atoms with van der Waals surface area (Å²) in [6.07, 6.45) is 1.68. The molecule has 0 saturated heterocycles. The van der Waals surface area contributed by atoms with Crippen molar-refractivity contribution in [1.82, 2.24) is 19.5 Å². The number of halogens is 1. The minimum atomic E-state index is -3.59. The summed E-state index contributed by atoms with van der Waals surface area (Å²) in [5.74, 6) is 2.48. The predicted molar refractivity (Wildman–Crippen MR) is 165 cm³/mol.